The Morgan fingerprint density at radius 1 is 1.45 bits per heavy atom. The van der Waals surface area contributed by atoms with Gasteiger partial charge < -0.3 is 9.84 Å². The molecule has 0 spiro atoms. The number of hydrogen-bond acceptors (Lipinski definition) is 4. The monoisotopic (exact) mass is 319 g/mol. The molecule has 0 radical (unpaired) electrons. The minimum Gasteiger partial charge on any atom is -0.495 e. The van der Waals surface area contributed by atoms with Gasteiger partial charge in [0.1, 0.15) is 5.75 Å². The number of hydrogen-bond donors (Lipinski definition) is 1. The topological polar surface area (TPSA) is 66.8 Å². The van der Waals surface area contributed by atoms with Crippen LogP contribution in [0.25, 0.3) is 0 Å². The van der Waals surface area contributed by atoms with Crippen molar-refractivity contribution in [2.45, 2.75) is 30.2 Å². The average molecular weight is 320 g/mol. The molecule has 1 aromatic carbocycles. The lowest BCUT2D eigenvalue weighted by Gasteiger charge is -2.36. The maximum Gasteiger partial charge on any atom is 0.243 e. The Labute approximate surface area is 124 Å². The molecule has 20 heavy (non-hydrogen) atoms. The first-order chi connectivity index (χ1) is 9.50. The Bertz CT molecular complexity index is 572. The molecule has 1 aliphatic rings. The molecule has 0 saturated heterocycles. The summed E-state index contributed by atoms with van der Waals surface area (Å²) in [5.74, 6) is 0.433. The van der Waals surface area contributed by atoms with Crippen molar-refractivity contribution in [2.75, 3.05) is 20.3 Å². The van der Waals surface area contributed by atoms with Crippen LogP contribution in [0.15, 0.2) is 23.1 Å². The Morgan fingerprint density at radius 3 is 2.60 bits per heavy atom. The molecule has 7 heteroatoms. The fraction of sp³-hybridized carbons (Fsp3) is 0.538. The lowest BCUT2D eigenvalue weighted by Crippen LogP contribution is -2.45. The molecular weight excluding hydrogens is 302 g/mol. The fourth-order valence-electron chi connectivity index (χ4n) is 2.22. The molecule has 0 unspecified atom stereocenters. The number of ether oxygens (including phenoxy) is 1. The molecular formula is C13H18ClNO4S. The van der Waals surface area contributed by atoms with Crippen molar-refractivity contribution in [3.05, 3.63) is 23.2 Å². The van der Waals surface area contributed by atoms with Crippen LogP contribution in [0.2, 0.25) is 5.02 Å². The highest BCUT2D eigenvalue weighted by Crippen LogP contribution is 2.32. The first-order valence-corrected chi connectivity index (χ1v) is 8.28. The summed E-state index contributed by atoms with van der Waals surface area (Å²) in [5, 5.41) is 9.36. The van der Waals surface area contributed by atoms with Crippen LogP contribution in [0.5, 0.6) is 5.75 Å². The molecule has 0 bridgehead atoms. The van der Waals surface area contributed by atoms with Gasteiger partial charge in [0.25, 0.3) is 0 Å². The van der Waals surface area contributed by atoms with Crippen LogP contribution in [0, 0.1) is 0 Å². The Balaban J connectivity index is 2.34. The van der Waals surface area contributed by atoms with Gasteiger partial charge in [-0.2, -0.15) is 4.31 Å². The summed E-state index contributed by atoms with van der Waals surface area (Å²) in [5.41, 5.74) is 0. The van der Waals surface area contributed by atoms with Crippen molar-refractivity contribution >= 4 is 21.6 Å². The molecule has 1 N–H and O–H groups in total. The van der Waals surface area contributed by atoms with Crippen molar-refractivity contribution in [3.8, 4) is 5.75 Å². The number of benzene rings is 1. The number of rotatable bonds is 6. The zero-order valence-electron chi connectivity index (χ0n) is 11.3. The predicted octanol–water partition coefficient (Wildman–Crippen LogP) is 1.88. The van der Waals surface area contributed by atoms with E-state index in [4.69, 9.17) is 21.4 Å². The van der Waals surface area contributed by atoms with E-state index in [1.165, 1.54) is 29.6 Å². The van der Waals surface area contributed by atoms with E-state index in [0.29, 0.717) is 5.75 Å². The van der Waals surface area contributed by atoms with Crippen LogP contribution in [0.1, 0.15) is 19.3 Å². The zero-order valence-corrected chi connectivity index (χ0v) is 12.8. The second-order valence-electron chi connectivity index (χ2n) is 4.72. The van der Waals surface area contributed by atoms with Crippen molar-refractivity contribution in [2.24, 2.45) is 0 Å². The number of nitrogens with zero attached hydrogens (tertiary/aromatic N) is 1. The minimum absolute atomic E-state index is 0.0203. The van der Waals surface area contributed by atoms with Crippen LogP contribution in [-0.4, -0.2) is 44.1 Å². The molecule has 1 aliphatic carbocycles. The maximum atomic E-state index is 12.6. The summed E-state index contributed by atoms with van der Waals surface area (Å²) in [6, 6.07) is 4.38. The normalized spacial score (nSPS) is 16.2. The summed E-state index contributed by atoms with van der Waals surface area (Å²) in [6.07, 6.45) is 2.69. The quantitative estimate of drug-likeness (QED) is 0.869. The molecule has 1 saturated carbocycles. The largest absolute Gasteiger partial charge is 0.495 e. The van der Waals surface area contributed by atoms with Gasteiger partial charge in [-0.15, -0.1) is 0 Å². The molecule has 1 fully saturated rings. The van der Waals surface area contributed by atoms with E-state index in [9.17, 15) is 8.42 Å². The zero-order chi connectivity index (χ0) is 14.8. The summed E-state index contributed by atoms with van der Waals surface area (Å²) < 4.78 is 31.6. The van der Waals surface area contributed by atoms with Gasteiger partial charge in [-0.3, -0.25) is 0 Å². The number of aliphatic hydroxyl groups excluding tert-OH is 1. The van der Waals surface area contributed by atoms with Crippen molar-refractivity contribution in [3.63, 3.8) is 0 Å². The highest BCUT2D eigenvalue weighted by molar-refractivity contribution is 7.89. The number of aliphatic hydroxyl groups is 1. The Morgan fingerprint density at radius 2 is 2.15 bits per heavy atom. The third-order valence-electron chi connectivity index (χ3n) is 3.53. The van der Waals surface area contributed by atoms with Gasteiger partial charge in [0, 0.05) is 12.6 Å². The molecule has 0 amide bonds. The van der Waals surface area contributed by atoms with E-state index < -0.39 is 10.0 Å². The fourth-order valence-corrected chi connectivity index (χ4v) is 4.24. The van der Waals surface area contributed by atoms with E-state index in [2.05, 4.69) is 0 Å². The minimum atomic E-state index is -3.64. The SMILES string of the molecule is COc1ccc(S(=O)(=O)N(CCO)C2CCC2)cc1Cl. The molecule has 2 rings (SSSR count). The van der Waals surface area contributed by atoms with E-state index in [1.807, 2.05) is 0 Å². The molecule has 0 heterocycles. The molecule has 0 aliphatic heterocycles. The van der Waals surface area contributed by atoms with E-state index in [0.717, 1.165) is 19.3 Å². The molecule has 0 atom stereocenters. The first-order valence-electron chi connectivity index (χ1n) is 6.47. The van der Waals surface area contributed by atoms with Gasteiger partial charge in [-0.1, -0.05) is 18.0 Å². The standard InChI is InChI=1S/C13H18ClNO4S/c1-19-13-6-5-11(9-12(13)14)20(17,18)15(7-8-16)10-3-2-4-10/h5-6,9-10,16H,2-4,7-8H2,1H3. The molecule has 0 aromatic heterocycles. The van der Waals surface area contributed by atoms with Crippen molar-refractivity contribution in [1.29, 1.82) is 0 Å². The number of sulfonamides is 1. The third kappa shape index (κ3) is 2.93. The van der Waals surface area contributed by atoms with Gasteiger partial charge in [-0.25, -0.2) is 8.42 Å². The van der Waals surface area contributed by atoms with Gasteiger partial charge in [0.05, 0.1) is 23.6 Å². The molecule has 112 valence electrons. The van der Waals surface area contributed by atoms with Crippen molar-refractivity contribution in [1.82, 2.24) is 4.31 Å². The van der Waals surface area contributed by atoms with Crippen LogP contribution in [0.3, 0.4) is 0 Å². The summed E-state index contributed by atoms with van der Waals surface area (Å²) in [4.78, 5) is 0.128. The van der Waals surface area contributed by atoms with Gasteiger partial charge in [0.2, 0.25) is 10.0 Å². The second-order valence-corrected chi connectivity index (χ2v) is 7.02. The van der Waals surface area contributed by atoms with Crippen LogP contribution >= 0.6 is 11.6 Å². The summed E-state index contributed by atoms with van der Waals surface area (Å²) in [6.45, 7) is -0.0870. The lowest BCUT2D eigenvalue weighted by atomic mass is 9.93. The second kappa shape index (κ2) is 6.30. The highest BCUT2D eigenvalue weighted by atomic mass is 35.5. The smallest absolute Gasteiger partial charge is 0.243 e. The molecule has 1 aromatic rings. The van der Waals surface area contributed by atoms with Gasteiger partial charge >= 0.3 is 0 Å². The van der Waals surface area contributed by atoms with E-state index >= 15 is 0 Å². The van der Waals surface area contributed by atoms with Gasteiger partial charge in [-0.05, 0) is 31.0 Å². The number of halogens is 1. The summed E-state index contributed by atoms with van der Waals surface area (Å²) >= 11 is 5.99. The lowest BCUT2D eigenvalue weighted by molar-refractivity contribution is 0.178. The Kier molecular flexibility index (Phi) is 4.90. The highest BCUT2D eigenvalue weighted by Gasteiger charge is 2.34. The van der Waals surface area contributed by atoms with Crippen LogP contribution in [0.4, 0.5) is 0 Å². The first kappa shape index (κ1) is 15.6. The van der Waals surface area contributed by atoms with Crippen molar-refractivity contribution < 1.29 is 18.3 Å². The van der Waals surface area contributed by atoms with Crippen LogP contribution in [-0.2, 0) is 10.0 Å². The van der Waals surface area contributed by atoms with E-state index in [1.54, 1.807) is 0 Å². The average Bonchev–Trinajstić information content (AvgIpc) is 2.36. The molecule has 5 nitrogen and oxygen atoms in total. The predicted molar refractivity (Wildman–Crippen MR) is 76.6 cm³/mol. The van der Waals surface area contributed by atoms with E-state index in [-0.39, 0.29) is 29.1 Å². The summed E-state index contributed by atoms with van der Waals surface area (Å²) in [7, 11) is -2.16. The Hall–Kier alpha value is -0.820. The van der Waals surface area contributed by atoms with Gasteiger partial charge in [0.15, 0.2) is 0 Å². The number of methoxy groups -OCH3 is 1. The third-order valence-corrected chi connectivity index (χ3v) is 5.78. The maximum absolute atomic E-state index is 12.6. The van der Waals surface area contributed by atoms with Crippen LogP contribution < -0.4 is 4.74 Å².